The van der Waals surface area contributed by atoms with Crippen LogP contribution in [0.4, 0.5) is 5.69 Å². The highest BCUT2D eigenvalue weighted by molar-refractivity contribution is 8.01. The lowest BCUT2D eigenvalue weighted by atomic mass is 9.82. The summed E-state index contributed by atoms with van der Waals surface area (Å²) in [6.45, 7) is 0. The van der Waals surface area contributed by atoms with E-state index >= 15 is 0 Å². The number of ketones is 1. The molecule has 0 amide bonds. The molecular formula is C16H14N2O3S. The maximum atomic E-state index is 12.3. The number of thioether (sulfide) groups is 1. The Morgan fingerprint density at radius 3 is 2.95 bits per heavy atom. The fourth-order valence-electron chi connectivity index (χ4n) is 3.57. The van der Waals surface area contributed by atoms with Crippen molar-refractivity contribution in [3.8, 4) is 0 Å². The first kappa shape index (κ1) is 13.7. The lowest BCUT2D eigenvalue weighted by molar-refractivity contribution is -0.384. The van der Waals surface area contributed by atoms with Crippen LogP contribution in [0.15, 0.2) is 40.5 Å². The Balaban J connectivity index is 1.85. The molecule has 22 heavy (non-hydrogen) atoms. The van der Waals surface area contributed by atoms with Crippen molar-refractivity contribution >= 4 is 28.9 Å². The van der Waals surface area contributed by atoms with Crippen LogP contribution in [0.1, 0.15) is 30.7 Å². The number of hydrogen-bond acceptors (Lipinski definition) is 5. The monoisotopic (exact) mass is 314 g/mol. The fourth-order valence-corrected chi connectivity index (χ4v) is 5.00. The van der Waals surface area contributed by atoms with Crippen molar-refractivity contribution in [2.24, 2.45) is 4.99 Å². The summed E-state index contributed by atoms with van der Waals surface area (Å²) >= 11 is 1.81. The third-order valence-electron chi connectivity index (χ3n) is 4.52. The van der Waals surface area contributed by atoms with E-state index < -0.39 is 0 Å². The molecule has 2 unspecified atom stereocenters. The van der Waals surface area contributed by atoms with Crippen LogP contribution in [0.25, 0.3) is 0 Å². The minimum atomic E-state index is -0.380. The predicted molar refractivity (Wildman–Crippen MR) is 85.4 cm³/mol. The summed E-state index contributed by atoms with van der Waals surface area (Å²) in [5, 5.41) is 11.2. The number of nitro groups is 1. The van der Waals surface area contributed by atoms with Crippen LogP contribution in [0, 0.1) is 10.1 Å². The number of Topliss-reactive ketones (excluding diaryl/α,β-unsaturated/α-hetero) is 1. The van der Waals surface area contributed by atoms with Gasteiger partial charge >= 0.3 is 0 Å². The molecular weight excluding hydrogens is 300 g/mol. The molecule has 0 N–H and O–H groups in total. The Kier molecular flexibility index (Phi) is 3.14. The van der Waals surface area contributed by atoms with Crippen LogP contribution >= 0.6 is 11.8 Å². The number of allylic oxidation sites excluding steroid dienone is 2. The van der Waals surface area contributed by atoms with Crippen molar-refractivity contribution < 1.29 is 9.72 Å². The molecule has 0 bridgehead atoms. The molecule has 4 rings (SSSR count). The first-order valence-corrected chi connectivity index (χ1v) is 8.39. The van der Waals surface area contributed by atoms with Crippen molar-refractivity contribution in [3.63, 3.8) is 0 Å². The average molecular weight is 314 g/mol. The summed E-state index contributed by atoms with van der Waals surface area (Å²) in [4.78, 5) is 27.7. The van der Waals surface area contributed by atoms with Gasteiger partial charge in [-0.1, -0.05) is 12.1 Å². The number of hydrogen-bond donors (Lipinski definition) is 0. The highest BCUT2D eigenvalue weighted by Gasteiger charge is 2.43. The molecule has 1 aliphatic carbocycles. The maximum Gasteiger partial charge on any atom is 0.269 e. The van der Waals surface area contributed by atoms with Gasteiger partial charge < -0.3 is 0 Å². The number of carbonyl (C=O) groups excluding carboxylic acids is 1. The van der Waals surface area contributed by atoms with Gasteiger partial charge in [0.2, 0.25) is 0 Å². The summed E-state index contributed by atoms with van der Waals surface area (Å²) in [5.41, 5.74) is 3.80. The van der Waals surface area contributed by atoms with E-state index in [1.807, 2.05) is 17.8 Å². The number of non-ortho nitro benzene ring substituents is 1. The van der Waals surface area contributed by atoms with Crippen molar-refractivity contribution in [1.82, 2.24) is 0 Å². The third kappa shape index (κ3) is 2.01. The number of rotatable bonds is 2. The molecule has 3 aliphatic rings. The average Bonchev–Trinajstić information content (AvgIpc) is 3.12. The lowest BCUT2D eigenvalue weighted by Crippen LogP contribution is -2.28. The van der Waals surface area contributed by atoms with Gasteiger partial charge in [-0.3, -0.25) is 19.9 Å². The van der Waals surface area contributed by atoms with Gasteiger partial charge in [-0.05, 0) is 24.2 Å². The second-order valence-electron chi connectivity index (χ2n) is 5.76. The molecule has 0 saturated carbocycles. The quantitative estimate of drug-likeness (QED) is 0.620. The molecule has 112 valence electrons. The van der Waals surface area contributed by atoms with Crippen LogP contribution in [-0.4, -0.2) is 27.4 Å². The van der Waals surface area contributed by atoms with Gasteiger partial charge in [0.05, 0.1) is 10.2 Å². The Morgan fingerprint density at radius 1 is 1.27 bits per heavy atom. The highest BCUT2D eigenvalue weighted by atomic mass is 32.2. The number of carbonyl (C=O) groups is 1. The number of aliphatic imine (C=N–C) groups is 1. The van der Waals surface area contributed by atoms with Crippen molar-refractivity contribution in [3.05, 3.63) is 51.2 Å². The molecule has 0 radical (unpaired) electrons. The molecule has 1 aromatic rings. The van der Waals surface area contributed by atoms with Crippen LogP contribution in [-0.2, 0) is 4.79 Å². The van der Waals surface area contributed by atoms with E-state index in [1.165, 1.54) is 6.07 Å². The number of nitrogens with zero attached hydrogens (tertiary/aromatic N) is 2. The third-order valence-corrected chi connectivity index (χ3v) is 5.86. The van der Waals surface area contributed by atoms with Crippen molar-refractivity contribution in [1.29, 1.82) is 0 Å². The normalized spacial score (nSPS) is 26.7. The Hall–Kier alpha value is -1.95. The number of fused-ring (bicyclic) bond motifs is 1. The zero-order chi connectivity index (χ0) is 15.3. The summed E-state index contributed by atoms with van der Waals surface area (Å²) < 4.78 is 0. The molecule has 0 aromatic heterocycles. The Morgan fingerprint density at radius 2 is 2.14 bits per heavy atom. The van der Waals surface area contributed by atoms with Gasteiger partial charge in [0.1, 0.15) is 0 Å². The first-order chi connectivity index (χ1) is 10.6. The molecule has 1 saturated heterocycles. The Labute approximate surface area is 131 Å². The highest BCUT2D eigenvalue weighted by Crippen LogP contribution is 2.48. The maximum absolute atomic E-state index is 12.3. The molecule has 2 atom stereocenters. The van der Waals surface area contributed by atoms with Crippen LogP contribution in [0.3, 0.4) is 0 Å². The van der Waals surface area contributed by atoms with E-state index in [-0.39, 0.29) is 27.6 Å². The van der Waals surface area contributed by atoms with Gasteiger partial charge in [-0.15, -0.1) is 0 Å². The summed E-state index contributed by atoms with van der Waals surface area (Å²) in [5.74, 6) is 1.08. The number of nitro benzene ring substituents is 1. The van der Waals surface area contributed by atoms with Gasteiger partial charge in [-0.25, -0.2) is 0 Å². The Bertz CT molecular complexity index is 754. The second-order valence-corrected chi connectivity index (χ2v) is 7.01. The second kappa shape index (κ2) is 5.05. The molecule has 1 fully saturated rings. The lowest BCUT2D eigenvalue weighted by Gasteiger charge is -2.28. The molecule has 2 aliphatic heterocycles. The van der Waals surface area contributed by atoms with E-state index in [2.05, 4.69) is 0 Å². The smallest absolute Gasteiger partial charge is 0.269 e. The van der Waals surface area contributed by atoms with E-state index in [9.17, 15) is 14.9 Å². The largest absolute Gasteiger partial charge is 0.294 e. The van der Waals surface area contributed by atoms with Gasteiger partial charge in [0.25, 0.3) is 5.69 Å². The van der Waals surface area contributed by atoms with Gasteiger partial charge in [-0.2, -0.15) is 11.8 Å². The fraction of sp³-hybridized carbons (Fsp3) is 0.375. The zero-order valence-corrected chi connectivity index (χ0v) is 12.6. The first-order valence-electron chi connectivity index (χ1n) is 7.35. The summed E-state index contributed by atoms with van der Waals surface area (Å²) in [7, 11) is 0. The van der Waals surface area contributed by atoms with E-state index in [0.29, 0.717) is 12.8 Å². The van der Waals surface area contributed by atoms with E-state index in [4.69, 9.17) is 4.99 Å². The predicted octanol–water partition coefficient (Wildman–Crippen LogP) is 3.26. The van der Waals surface area contributed by atoms with Gasteiger partial charge in [0.15, 0.2) is 5.78 Å². The standard InChI is InChI=1S/C16H14N2O3S/c19-13-5-4-11-15(13)14(16-12(17-11)6-7-22-16)9-2-1-3-10(8-9)18(20)21/h1-3,8,14,16H,4-7H2. The molecule has 5 nitrogen and oxygen atoms in total. The number of benzene rings is 1. The summed E-state index contributed by atoms with van der Waals surface area (Å²) in [6.07, 6.45) is 2.18. The van der Waals surface area contributed by atoms with Crippen molar-refractivity contribution in [2.75, 3.05) is 5.75 Å². The molecule has 6 heteroatoms. The van der Waals surface area contributed by atoms with E-state index in [0.717, 1.165) is 34.7 Å². The van der Waals surface area contributed by atoms with Crippen LogP contribution in [0.5, 0.6) is 0 Å². The zero-order valence-electron chi connectivity index (χ0n) is 11.8. The van der Waals surface area contributed by atoms with Gasteiger partial charge in [0, 0.05) is 41.5 Å². The molecule has 2 heterocycles. The molecule has 1 aromatic carbocycles. The van der Waals surface area contributed by atoms with Crippen LogP contribution < -0.4 is 0 Å². The minimum absolute atomic E-state index is 0.0788. The minimum Gasteiger partial charge on any atom is -0.294 e. The SMILES string of the molecule is O=C1CCC2=C1C(c1cccc([N+](=O)[O-])c1)C1SCCC1=N2. The summed E-state index contributed by atoms with van der Waals surface area (Å²) in [6, 6.07) is 6.71. The topological polar surface area (TPSA) is 72.6 Å². The van der Waals surface area contributed by atoms with Crippen molar-refractivity contribution in [2.45, 2.75) is 30.4 Å². The van der Waals surface area contributed by atoms with Crippen LogP contribution in [0.2, 0.25) is 0 Å². The van der Waals surface area contributed by atoms with E-state index in [1.54, 1.807) is 12.1 Å². The molecule has 0 spiro atoms.